The maximum Gasteiger partial charge on any atom is 0.123 e. The van der Waals surface area contributed by atoms with E-state index < -0.39 is 0 Å². The Hall–Kier alpha value is -2.06. The normalized spacial score (nSPS) is 21.0. The van der Waals surface area contributed by atoms with E-state index in [2.05, 4.69) is 69.8 Å². The van der Waals surface area contributed by atoms with Crippen molar-refractivity contribution in [3.63, 3.8) is 0 Å². The van der Waals surface area contributed by atoms with Crippen LogP contribution in [0, 0.1) is 5.92 Å². The molecule has 0 saturated heterocycles. The highest BCUT2D eigenvalue weighted by molar-refractivity contribution is 5.43. The van der Waals surface area contributed by atoms with Gasteiger partial charge in [0.25, 0.3) is 0 Å². The molecule has 0 heterocycles. The van der Waals surface area contributed by atoms with Crippen molar-refractivity contribution in [3.05, 3.63) is 77.9 Å². The van der Waals surface area contributed by atoms with E-state index in [1.54, 1.807) is 0 Å². The molecule has 180 valence electrons. The molecule has 1 aliphatic carbocycles. The smallest absolute Gasteiger partial charge is 0.123 e. The summed E-state index contributed by atoms with van der Waals surface area (Å²) in [6, 6.07) is 17.3. The number of aliphatic hydroxyl groups excluding tert-OH is 1. The van der Waals surface area contributed by atoms with Crippen LogP contribution in [0.2, 0.25) is 0 Å². The third-order valence-corrected chi connectivity index (χ3v) is 7.52. The van der Waals surface area contributed by atoms with E-state index in [0.717, 1.165) is 31.4 Å². The van der Waals surface area contributed by atoms with Crippen LogP contribution in [0.1, 0.15) is 101 Å². The van der Waals surface area contributed by atoms with Gasteiger partial charge in [-0.2, -0.15) is 0 Å². The Balaban J connectivity index is 1.89. The molecule has 0 aromatic heterocycles. The second-order valence-electron chi connectivity index (χ2n) is 10.6. The first-order valence-electron chi connectivity index (χ1n) is 13.0. The first kappa shape index (κ1) is 25.6. The molecule has 33 heavy (non-hydrogen) atoms. The largest absolute Gasteiger partial charge is 0.489 e. The number of allylic oxidation sites excluding steroid dienone is 1. The van der Waals surface area contributed by atoms with Crippen molar-refractivity contribution < 1.29 is 9.84 Å². The minimum atomic E-state index is -0.229. The molecule has 0 unspecified atom stereocenters. The van der Waals surface area contributed by atoms with Crippen molar-refractivity contribution >= 4 is 0 Å². The lowest BCUT2D eigenvalue weighted by Gasteiger charge is -2.35. The molecule has 3 atom stereocenters. The molecule has 0 radical (unpaired) electrons. The van der Waals surface area contributed by atoms with Crippen LogP contribution >= 0.6 is 0 Å². The van der Waals surface area contributed by atoms with E-state index in [1.807, 2.05) is 12.1 Å². The van der Waals surface area contributed by atoms with E-state index in [9.17, 15) is 5.11 Å². The van der Waals surface area contributed by atoms with Gasteiger partial charge in [0, 0.05) is 0 Å². The third-order valence-electron chi connectivity index (χ3n) is 7.52. The van der Waals surface area contributed by atoms with E-state index in [1.165, 1.54) is 48.8 Å². The van der Waals surface area contributed by atoms with Crippen LogP contribution in [-0.2, 0) is 12.0 Å². The molecule has 0 bridgehead atoms. The lowest BCUT2D eigenvalue weighted by Crippen LogP contribution is -2.27. The number of benzene rings is 2. The minimum Gasteiger partial charge on any atom is -0.489 e. The summed E-state index contributed by atoms with van der Waals surface area (Å²) in [6.45, 7) is 11.5. The summed E-state index contributed by atoms with van der Waals surface area (Å²) in [5.41, 5.74) is 3.90. The Bertz CT molecular complexity index is 854. The number of aliphatic hydroxyl groups is 1. The average Bonchev–Trinajstić information content (AvgIpc) is 2.82. The lowest BCUT2D eigenvalue weighted by atomic mass is 9.71. The van der Waals surface area contributed by atoms with Gasteiger partial charge in [-0.3, -0.25) is 0 Å². The molecule has 1 saturated carbocycles. The zero-order valence-corrected chi connectivity index (χ0v) is 21.1. The molecular weight excluding hydrogens is 404 g/mol. The standard InChI is InChI=1S/C31H44O2/c1-5-7-8-12-20-31(3,4)26-17-19-28(29-22-27(32)18-16-25(29)13-6-2)30(21-26)33-23-24-14-10-9-11-15-24/h6,9-11,14-15,17,19,21,25,27,29,32H,2,5,7-8,12-13,16,18,20,22-23H2,1,3-4H3/t25-,27-,29-/m1/s1. The van der Waals surface area contributed by atoms with Crippen molar-refractivity contribution in [3.8, 4) is 5.75 Å². The molecule has 3 rings (SSSR count). The van der Waals surface area contributed by atoms with E-state index in [0.29, 0.717) is 18.4 Å². The summed E-state index contributed by atoms with van der Waals surface area (Å²) < 4.78 is 6.51. The molecule has 1 fully saturated rings. The van der Waals surface area contributed by atoms with Crippen LogP contribution in [-0.4, -0.2) is 11.2 Å². The molecule has 0 spiro atoms. The predicted molar refractivity (Wildman–Crippen MR) is 140 cm³/mol. The van der Waals surface area contributed by atoms with Gasteiger partial charge in [0.2, 0.25) is 0 Å². The Kier molecular flexibility index (Phi) is 9.62. The van der Waals surface area contributed by atoms with Crippen LogP contribution in [0.25, 0.3) is 0 Å². The summed E-state index contributed by atoms with van der Waals surface area (Å²) in [7, 11) is 0. The number of rotatable bonds is 12. The summed E-state index contributed by atoms with van der Waals surface area (Å²) in [5, 5.41) is 10.5. The zero-order valence-electron chi connectivity index (χ0n) is 21.1. The highest BCUT2D eigenvalue weighted by atomic mass is 16.5. The van der Waals surface area contributed by atoms with Crippen LogP contribution in [0.15, 0.2) is 61.2 Å². The van der Waals surface area contributed by atoms with Crippen molar-refractivity contribution in [2.45, 2.75) is 103 Å². The van der Waals surface area contributed by atoms with Crippen molar-refractivity contribution in [1.82, 2.24) is 0 Å². The van der Waals surface area contributed by atoms with Gasteiger partial charge in [0.05, 0.1) is 6.10 Å². The fourth-order valence-corrected chi connectivity index (χ4v) is 5.35. The van der Waals surface area contributed by atoms with Gasteiger partial charge in [-0.15, -0.1) is 6.58 Å². The lowest BCUT2D eigenvalue weighted by molar-refractivity contribution is 0.0932. The first-order chi connectivity index (χ1) is 15.9. The van der Waals surface area contributed by atoms with E-state index in [4.69, 9.17) is 4.74 Å². The second-order valence-corrected chi connectivity index (χ2v) is 10.6. The number of ether oxygens (including phenoxy) is 1. The van der Waals surface area contributed by atoms with Crippen molar-refractivity contribution in [1.29, 1.82) is 0 Å². The van der Waals surface area contributed by atoms with E-state index >= 15 is 0 Å². The third kappa shape index (κ3) is 7.21. The number of unbranched alkanes of at least 4 members (excludes halogenated alkanes) is 3. The molecule has 2 aromatic carbocycles. The molecule has 2 aromatic rings. The molecular formula is C31H44O2. The highest BCUT2D eigenvalue weighted by Crippen LogP contribution is 2.45. The second kappa shape index (κ2) is 12.4. The maximum absolute atomic E-state index is 10.5. The monoisotopic (exact) mass is 448 g/mol. The Morgan fingerprint density at radius 2 is 1.85 bits per heavy atom. The SMILES string of the molecule is C=CC[C@@H]1CC[C@@H](O)C[C@H]1c1ccc(C(C)(C)CCCCCC)cc1OCc1ccccc1. The van der Waals surface area contributed by atoms with Crippen LogP contribution < -0.4 is 4.74 Å². The Morgan fingerprint density at radius 1 is 1.06 bits per heavy atom. The van der Waals surface area contributed by atoms with Crippen molar-refractivity contribution in [2.24, 2.45) is 5.92 Å². The summed E-state index contributed by atoms with van der Waals surface area (Å²) in [5.74, 6) is 1.81. The van der Waals surface area contributed by atoms with Gasteiger partial charge in [0.15, 0.2) is 0 Å². The molecule has 0 aliphatic heterocycles. The van der Waals surface area contributed by atoms with Crippen molar-refractivity contribution in [2.75, 3.05) is 0 Å². The number of hydrogen-bond acceptors (Lipinski definition) is 2. The van der Waals surface area contributed by atoms with E-state index in [-0.39, 0.29) is 11.5 Å². The van der Waals surface area contributed by atoms with Gasteiger partial charge in [-0.05, 0) is 72.1 Å². The highest BCUT2D eigenvalue weighted by Gasteiger charge is 2.32. The molecule has 1 aliphatic rings. The fraction of sp³-hybridized carbons (Fsp3) is 0.548. The summed E-state index contributed by atoms with van der Waals surface area (Å²) >= 11 is 0. The number of hydrogen-bond donors (Lipinski definition) is 1. The predicted octanol–water partition coefficient (Wildman–Crippen LogP) is 8.33. The topological polar surface area (TPSA) is 29.5 Å². The van der Waals surface area contributed by atoms with Crippen LogP contribution in [0.5, 0.6) is 5.75 Å². The Labute approximate surface area is 202 Å². The maximum atomic E-state index is 10.5. The van der Waals surface area contributed by atoms with Gasteiger partial charge in [-0.25, -0.2) is 0 Å². The van der Waals surface area contributed by atoms with Crippen LogP contribution in [0.3, 0.4) is 0 Å². The van der Waals surface area contributed by atoms with Gasteiger partial charge in [-0.1, -0.05) is 95.0 Å². The molecule has 2 nitrogen and oxygen atoms in total. The summed E-state index contributed by atoms with van der Waals surface area (Å²) in [6.07, 6.45) is 11.9. The molecule has 0 amide bonds. The molecule has 2 heteroatoms. The fourth-order valence-electron chi connectivity index (χ4n) is 5.35. The molecule has 1 N–H and O–H groups in total. The Morgan fingerprint density at radius 3 is 2.58 bits per heavy atom. The van der Waals surface area contributed by atoms with Gasteiger partial charge in [0.1, 0.15) is 12.4 Å². The minimum absolute atomic E-state index is 0.115. The zero-order chi connectivity index (χ0) is 23.7. The quantitative estimate of drug-likeness (QED) is 0.261. The average molecular weight is 449 g/mol. The summed E-state index contributed by atoms with van der Waals surface area (Å²) in [4.78, 5) is 0. The first-order valence-corrected chi connectivity index (χ1v) is 13.0. The van der Waals surface area contributed by atoms with Gasteiger partial charge < -0.3 is 9.84 Å². The van der Waals surface area contributed by atoms with Crippen LogP contribution in [0.4, 0.5) is 0 Å². The van der Waals surface area contributed by atoms with Gasteiger partial charge >= 0.3 is 0 Å².